The molecule has 0 fully saturated rings. The standard InChI is InChI=1S/C37H46N6O5S/c1-40(2)23-11-25-42(26-12-24-41(3)4)37(44)31-17-19-32(20-18-31)39-49(47,48)33-21-22-35(36(27-33)43(45)46)38-28-34(29-13-7-5-8-14-29)30-15-9-6-10-16-30/h5-10,13-22,27,34,38-39H,11-12,23-26,28H2,1-4H3. The van der Waals surface area contributed by atoms with E-state index in [4.69, 9.17) is 0 Å². The molecule has 0 aliphatic rings. The van der Waals surface area contributed by atoms with Crippen molar-refractivity contribution in [2.45, 2.75) is 23.7 Å². The second-order valence-electron chi connectivity index (χ2n) is 12.5. The number of benzene rings is 4. The molecule has 11 nitrogen and oxygen atoms in total. The predicted molar refractivity (Wildman–Crippen MR) is 196 cm³/mol. The third kappa shape index (κ3) is 10.9. The van der Waals surface area contributed by atoms with Crippen molar-refractivity contribution < 1.29 is 18.1 Å². The van der Waals surface area contributed by atoms with Crippen LogP contribution in [0.15, 0.2) is 108 Å². The van der Waals surface area contributed by atoms with Crippen molar-refractivity contribution in [2.75, 3.05) is 71.0 Å². The SMILES string of the molecule is CN(C)CCCN(CCCN(C)C)C(=O)c1ccc(NS(=O)(=O)c2ccc(NCC(c3ccccc3)c3ccccc3)c([N+](=O)[O-])c2)cc1. The Balaban J connectivity index is 1.47. The van der Waals surface area contributed by atoms with E-state index in [1.54, 1.807) is 12.1 Å². The van der Waals surface area contributed by atoms with E-state index in [1.165, 1.54) is 24.3 Å². The summed E-state index contributed by atoms with van der Waals surface area (Å²) in [7, 11) is 3.80. The first kappa shape index (κ1) is 37.0. The topological polar surface area (TPSA) is 128 Å². The molecule has 4 aromatic rings. The molecule has 0 bridgehead atoms. The summed E-state index contributed by atoms with van der Waals surface area (Å²) in [6.07, 6.45) is 1.67. The van der Waals surface area contributed by atoms with Gasteiger partial charge in [0.05, 0.1) is 9.82 Å². The van der Waals surface area contributed by atoms with E-state index in [-0.39, 0.29) is 33.8 Å². The summed E-state index contributed by atoms with van der Waals surface area (Å²) in [4.78, 5) is 30.7. The number of nitro benzene ring substituents is 1. The summed E-state index contributed by atoms with van der Waals surface area (Å²) in [5.41, 5.74) is 2.63. The fourth-order valence-electron chi connectivity index (χ4n) is 5.54. The van der Waals surface area contributed by atoms with Crippen LogP contribution in [0, 0.1) is 10.1 Å². The van der Waals surface area contributed by atoms with Crippen LogP contribution in [0.4, 0.5) is 17.1 Å². The van der Waals surface area contributed by atoms with Crippen LogP contribution >= 0.6 is 0 Å². The number of nitro groups is 1. The number of nitrogens with one attached hydrogen (secondary N) is 2. The molecule has 4 rings (SSSR count). The minimum Gasteiger partial charge on any atom is -0.379 e. The first-order valence-corrected chi connectivity index (χ1v) is 17.8. The molecule has 0 atom stereocenters. The van der Waals surface area contributed by atoms with Crippen LogP contribution in [0.25, 0.3) is 0 Å². The third-order valence-electron chi connectivity index (χ3n) is 8.11. The fourth-order valence-corrected chi connectivity index (χ4v) is 6.62. The van der Waals surface area contributed by atoms with E-state index >= 15 is 0 Å². The molecule has 2 N–H and O–H groups in total. The lowest BCUT2D eigenvalue weighted by molar-refractivity contribution is -0.384. The molecule has 0 heterocycles. The number of rotatable bonds is 18. The van der Waals surface area contributed by atoms with Gasteiger partial charge in [0.2, 0.25) is 0 Å². The maximum Gasteiger partial charge on any atom is 0.293 e. The molecular weight excluding hydrogens is 641 g/mol. The highest BCUT2D eigenvalue weighted by Crippen LogP contribution is 2.31. The quantitative estimate of drug-likeness (QED) is 0.0966. The molecule has 0 radical (unpaired) electrons. The molecule has 0 spiro atoms. The van der Waals surface area contributed by atoms with Crippen LogP contribution in [-0.2, 0) is 10.0 Å². The monoisotopic (exact) mass is 686 g/mol. The molecule has 0 saturated heterocycles. The molecule has 49 heavy (non-hydrogen) atoms. The Morgan fingerprint density at radius 2 is 1.29 bits per heavy atom. The van der Waals surface area contributed by atoms with Gasteiger partial charge in [0, 0.05) is 42.9 Å². The van der Waals surface area contributed by atoms with E-state index in [2.05, 4.69) is 19.8 Å². The number of anilines is 2. The van der Waals surface area contributed by atoms with Crippen molar-refractivity contribution in [1.29, 1.82) is 0 Å². The normalized spacial score (nSPS) is 11.6. The van der Waals surface area contributed by atoms with Crippen LogP contribution in [0.1, 0.15) is 40.2 Å². The van der Waals surface area contributed by atoms with Gasteiger partial charge in [0.1, 0.15) is 5.69 Å². The third-order valence-corrected chi connectivity index (χ3v) is 9.49. The van der Waals surface area contributed by atoms with Gasteiger partial charge in [-0.2, -0.15) is 0 Å². The highest BCUT2D eigenvalue weighted by molar-refractivity contribution is 7.92. The summed E-state index contributed by atoms with van der Waals surface area (Å²) in [5.74, 6) is -0.211. The van der Waals surface area contributed by atoms with E-state index in [0.29, 0.717) is 25.2 Å². The Bertz CT molecular complexity index is 1710. The lowest BCUT2D eigenvalue weighted by Crippen LogP contribution is -2.35. The summed E-state index contributed by atoms with van der Waals surface area (Å²) < 4.78 is 29.2. The highest BCUT2D eigenvalue weighted by Gasteiger charge is 2.23. The number of carbonyl (C=O) groups is 1. The summed E-state index contributed by atoms with van der Waals surface area (Å²) in [5, 5.41) is 15.3. The minimum absolute atomic E-state index is 0.0925. The molecular formula is C37H46N6O5S. The molecule has 12 heteroatoms. The number of hydrogen-bond acceptors (Lipinski definition) is 8. The number of sulfonamides is 1. The van der Waals surface area contributed by atoms with E-state index < -0.39 is 14.9 Å². The average molecular weight is 687 g/mol. The highest BCUT2D eigenvalue weighted by atomic mass is 32.2. The van der Waals surface area contributed by atoms with Gasteiger partial charge < -0.3 is 20.0 Å². The number of nitrogens with zero attached hydrogens (tertiary/aromatic N) is 4. The maximum atomic E-state index is 13.4. The van der Waals surface area contributed by atoms with Crippen LogP contribution in [0.2, 0.25) is 0 Å². The molecule has 4 aromatic carbocycles. The summed E-state index contributed by atoms with van der Waals surface area (Å²) in [6.45, 7) is 3.29. The maximum absolute atomic E-state index is 13.4. The van der Waals surface area contributed by atoms with Gasteiger partial charge in [-0.25, -0.2) is 8.42 Å². The minimum atomic E-state index is -4.18. The van der Waals surface area contributed by atoms with Crippen LogP contribution in [-0.4, -0.2) is 94.9 Å². The second kappa shape index (κ2) is 17.6. The Hall–Kier alpha value is -4.78. The van der Waals surface area contributed by atoms with Gasteiger partial charge in [-0.15, -0.1) is 0 Å². The van der Waals surface area contributed by atoms with E-state index in [1.807, 2.05) is 93.8 Å². The van der Waals surface area contributed by atoms with Crippen LogP contribution < -0.4 is 10.0 Å². The number of hydrogen-bond donors (Lipinski definition) is 2. The van der Waals surface area contributed by atoms with Gasteiger partial charge in [0.25, 0.3) is 21.6 Å². The van der Waals surface area contributed by atoms with Crippen LogP contribution in [0.5, 0.6) is 0 Å². The van der Waals surface area contributed by atoms with Gasteiger partial charge in [-0.3, -0.25) is 19.6 Å². The van der Waals surface area contributed by atoms with Crippen LogP contribution in [0.3, 0.4) is 0 Å². The molecule has 0 saturated carbocycles. The lowest BCUT2D eigenvalue weighted by atomic mass is 9.91. The Labute approximate surface area is 289 Å². The largest absolute Gasteiger partial charge is 0.379 e. The predicted octanol–water partition coefficient (Wildman–Crippen LogP) is 5.99. The Morgan fingerprint density at radius 3 is 1.78 bits per heavy atom. The van der Waals surface area contributed by atoms with Gasteiger partial charge in [-0.1, -0.05) is 60.7 Å². The zero-order chi connectivity index (χ0) is 35.4. The number of carbonyl (C=O) groups excluding carboxylic acids is 1. The molecule has 0 unspecified atom stereocenters. The smallest absolute Gasteiger partial charge is 0.293 e. The summed E-state index contributed by atoms with van der Waals surface area (Å²) in [6, 6.07) is 29.7. The van der Waals surface area contributed by atoms with Gasteiger partial charge in [0.15, 0.2) is 0 Å². The van der Waals surface area contributed by atoms with Crippen molar-refractivity contribution in [3.8, 4) is 0 Å². The van der Waals surface area contributed by atoms with Crippen molar-refractivity contribution in [1.82, 2.24) is 14.7 Å². The zero-order valence-corrected chi connectivity index (χ0v) is 29.4. The average Bonchev–Trinajstić information content (AvgIpc) is 3.08. The van der Waals surface area contributed by atoms with Crippen molar-refractivity contribution in [2.24, 2.45) is 0 Å². The van der Waals surface area contributed by atoms with Crippen molar-refractivity contribution in [3.63, 3.8) is 0 Å². The number of amides is 1. The first-order chi connectivity index (χ1) is 23.4. The first-order valence-electron chi connectivity index (χ1n) is 16.3. The summed E-state index contributed by atoms with van der Waals surface area (Å²) >= 11 is 0. The fraction of sp³-hybridized carbons (Fsp3) is 0.324. The lowest BCUT2D eigenvalue weighted by Gasteiger charge is -2.24. The van der Waals surface area contributed by atoms with Gasteiger partial charge in [-0.05, 0) is 102 Å². The molecule has 0 aliphatic heterocycles. The Morgan fingerprint density at radius 1 is 0.755 bits per heavy atom. The molecule has 0 aliphatic carbocycles. The van der Waals surface area contributed by atoms with Gasteiger partial charge >= 0.3 is 0 Å². The molecule has 1 amide bonds. The molecule has 260 valence electrons. The zero-order valence-electron chi connectivity index (χ0n) is 28.6. The van der Waals surface area contributed by atoms with E-state index in [9.17, 15) is 23.3 Å². The second-order valence-corrected chi connectivity index (χ2v) is 14.2. The van der Waals surface area contributed by atoms with E-state index in [0.717, 1.165) is 43.1 Å². The molecule has 0 aromatic heterocycles. The van der Waals surface area contributed by atoms with Crippen molar-refractivity contribution in [3.05, 3.63) is 130 Å². The Kier molecular flexibility index (Phi) is 13.3. The van der Waals surface area contributed by atoms with Crippen molar-refractivity contribution >= 4 is 33.0 Å².